The summed E-state index contributed by atoms with van der Waals surface area (Å²) < 4.78 is 1.55. The molecule has 2 rings (SSSR count). The van der Waals surface area contributed by atoms with E-state index in [-0.39, 0.29) is 5.56 Å². The SMILES string of the molecule is Cc1ccncc1CNc1c(C(=O)O)c(C)nn1C. The van der Waals surface area contributed by atoms with E-state index in [2.05, 4.69) is 15.4 Å². The zero-order valence-electron chi connectivity index (χ0n) is 11.1. The molecule has 0 saturated carbocycles. The molecular weight excluding hydrogens is 244 g/mol. The number of aromatic carboxylic acids is 1. The zero-order valence-corrected chi connectivity index (χ0v) is 11.1. The van der Waals surface area contributed by atoms with Crippen LogP contribution in [-0.2, 0) is 13.6 Å². The number of aryl methyl sites for hydroxylation is 3. The van der Waals surface area contributed by atoms with E-state index in [1.54, 1.807) is 31.0 Å². The van der Waals surface area contributed by atoms with Gasteiger partial charge in [0.25, 0.3) is 0 Å². The van der Waals surface area contributed by atoms with E-state index in [0.29, 0.717) is 18.1 Å². The Hall–Kier alpha value is -2.37. The zero-order chi connectivity index (χ0) is 14.0. The second-order valence-electron chi connectivity index (χ2n) is 4.39. The molecule has 2 N–H and O–H groups in total. The molecule has 19 heavy (non-hydrogen) atoms. The third kappa shape index (κ3) is 2.57. The van der Waals surface area contributed by atoms with Gasteiger partial charge in [0.15, 0.2) is 0 Å². The lowest BCUT2D eigenvalue weighted by atomic mass is 10.1. The topological polar surface area (TPSA) is 80.0 Å². The molecular formula is C13H16N4O2. The lowest BCUT2D eigenvalue weighted by Gasteiger charge is -2.09. The highest BCUT2D eigenvalue weighted by Crippen LogP contribution is 2.19. The Kier molecular flexibility index (Phi) is 3.50. The number of anilines is 1. The second kappa shape index (κ2) is 5.09. The molecule has 6 heteroatoms. The summed E-state index contributed by atoms with van der Waals surface area (Å²) in [5.74, 6) is -0.468. The summed E-state index contributed by atoms with van der Waals surface area (Å²) in [6.45, 7) is 4.19. The van der Waals surface area contributed by atoms with Gasteiger partial charge in [0.2, 0.25) is 0 Å². The van der Waals surface area contributed by atoms with Crippen LogP contribution in [-0.4, -0.2) is 25.8 Å². The molecule has 0 saturated heterocycles. The number of carboxylic acids is 1. The summed E-state index contributed by atoms with van der Waals surface area (Å²) in [5.41, 5.74) is 2.85. The summed E-state index contributed by atoms with van der Waals surface area (Å²) in [5, 5.41) is 16.5. The van der Waals surface area contributed by atoms with Crippen molar-refractivity contribution in [1.82, 2.24) is 14.8 Å². The van der Waals surface area contributed by atoms with Crippen LogP contribution in [0.4, 0.5) is 5.82 Å². The first kappa shape index (κ1) is 13.1. The van der Waals surface area contributed by atoms with Gasteiger partial charge in [0.05, 0.1) is 5.69 Å². The first-order chi connectivity index (χ1) is 9.00. The smallest absolute Gasteiger partial charge is 0.341 e. The van der Waals surface area contributed by atoms with Crippen molar-refractivity contribution in [3.05, 3.63) is 40.8 Å². The quantitative estimate of drug-likeness (QED) is 0.875. The molecule has 0 amide bonds. The first-order valence-corrected chi connectivity index (χ1v) is 5.91. The molecule has 6 nitrogen and oxygen atoms in total. The van der Waals surface area contributed by atoms with E-state index in [0.717, 1.165) is 11.1 Å². The highest BCUT2D eigenvalue weighted by molar-refractivity contribution is 5.94. The average molecular weight is 260 g/mol. The van der Waals surface area contributed by atoms with Crippen molar-refractivity contribution in [2.24, 2.45) is 7.05 Å². The minimum Gasteiger partial charge on any atom is -0.477 e. The van der Waals surface area contributed by atoms with Gasteiger partial charge in [0.1, 0.15) is 11.4 Å². The second-order valence-corrected chi connectivity index (χ2v) is 4.39. The van der Waals surface area contributed by atoms with Crippen LogP contribution in [0.3, 0.4) is 0 Å². The summed E-state index contributed by atoms with van der Waals surface area (Å²) in [6, 6.07) is 1.92. The Bertz CT molecular complexity index is 619. The van der Waals surface area contributed by atoms with Crippen LogP contribution in [0.15, 0.2) is 18.5 Å². The molecule has 0 aromatic carbocycles. The number of nitrogens with zero attached hydrogens (tertiary/aromatic N) is 3. The maximum Gasteiger partial charge on any atom is 0.341 e. The Labute approximate surface area is 111 Å². The van der Waals surface area contributed by atoms with Crippen molar-refractivity contribution in [1.29, 1.82) is 0 Å². The van der Waals surface area contributed by atoms with Gasteiger partial charge in [-0.1, -0.05) is 0 Å². The van der Waals surface area contributed by atoms with Crippen molar-refractivity contribution >= 4 is 11.8 Å². The Morgan fingerprint density at radius 1 is 1.47 bits per heavy atom. The third-order valence-electron chi connectivity index (χ3n) is 3.03. The fourth-order valence-electron chi connectivity index (χ4n) is 1.98. The van der Waals surface area contributed by atoms with Gasteiger partial charge >= 0.3 is 5.97 Å². The lowest BCUT2D eigenvalue weighted by Crippen LogP contribution is -2.09. The maximum atomic E-state index is 11.2. The number of carboxylic acid groups (broad SMARTS) is 1. The van der Waals surface area contributed by atoms with Crippen molar-refractivity contribution in [3.63, 3.8) is 0 Å². The van der Waals surface area contributed by atoms with Crippen molar-refractivity contribution in [3.8, 4) is 0 Å². The standard InChI is InChI=1S/C13H16N4O2/c1-8-4-5-14-6-10(8)7-15-12-11(13(18)19)9(2)16-17(12)3/h4-6,15H,7H2,1-3H3,(H,18,19). The number of aromatic nitrogens is 3. The first-order valence-electron chi connectivity index (χ1n) is 5.91. The molecule has 0 spiro atoms. The van der Waals surface area contributed by atoms with Crippen molar-refractivity contribution < 1.29 is 9.90 Å². The maximum absolute atomic E-state index is 11.2. The van der Waals surface area contributed by atoms with Crippen molar-refractivity contribution in [2.45, 2.75) is 20.4 Å². The van der Waals surface area contributed by atoms with E-state index < -0.39 is 5.97 Å². The fraction of sp³-hybridized carbons (Fsp3) is 0.308. The molecule has 0 aliphatic rings. The number of hydrogen-bond acceptors (Lipinski definition) is 4. The van der Waals surface area contributed by atoms with Crippen molar-refractivity contribution in [2.75, 3.05) is 5.32 Å². The number of rotatable bonds is 4. The van der Waals surface area contributed by atoms with Crippen LogP contribution >= 0.6 is 0 Å². The molecule has 0 aliphatic heterocycles. The molecule has 2 aromatic heterocycles. The third-order valence-corrected chi connectivity index (χ3v) is 3.03. The minimum atomic E-state index is -0.976. The Balaban J connectivity index is 2.25. The highest BCUT2D eigenvalue weighted by atomic mass is 16.4. The van der Waals surface area contributed by atoms with E-state index in [1.165, 1.54) is 0 Å². The molecule has 0 radical (unpaired) electrons. The molecule has 0 unspecified atom stereocenters. The fourth-order valence-corrected chi connectivity index (χ4v) is 1.98. The predicted octanol–water partition coefficient (Wildman–Crippen LogP) is 1.74. The van der Waals surface area contributed by atoms with Crippen LogP contribution in [0.5, 0.6) is 0 Å². The van der Waals surface area contributed by atoms with Crippen LogP contribution in [0.25, 0.3) is 0 Å². The summed E-state index contributed by atoms with van der Waals surface area (Å²) in [6.07, 6.45) is 3.50. The van der Waals surface area contributed by atoms with Gasteiger partial charge in [-0.15, -0.1) is 0 Å². The number of pyridine rings is 1. The molecule has 2 aromatic rings. The molecule has 0 atom stereocenters. The predicted molar refractivity (Wildman–Crippen MR) is 71.2 cm³/mol. The summed E-state index contributed by atoms with van der Waals surface area (Å²) >= 11 is 0. The van der Waals surface area contributed by atoms with Gasteiger partial charge in [-0.05, 0) is 31.0 Å². The minimum absolute atomic E-state index is 0.212. The van der Waals surface area contributed by atoms with Gasteiger partial charge in [-0.3, -0.25) is 9.67 Å². The molecule has 100 valence electrons. The number of nitrogens with one attached hydrogen (secondary N) is 1. The number of carbonyl (C=O) groups is 1. The molecule has 0 bridgehead atoms. The highest BCUT2D eigenvalue weighted by Gasteiger charge is 2.19. The Morgan fingerprint density at radius 3 is 2.84 bits per heavy atom. The van der Waals surface area contributed by atoms with E-state index in [9.17, 15) is 9.90 Å². The molecule has 2 heterocycles. The van der Waals surface area contributed by atoms with Crippen LogP contribution in [0, 0.1) is 13.8 Å². The molecule has 0 fully saturated rings. The van der Waals surface area contributed by atoms with Gasteiger partial charge in [0, 0.05) is 26.0 Å². The van der Waals surface area contributed by atoms with Gasteiger partial charge < -0.3 is 10.4 Å². The van der Waals surface area contributed by atoms with E-state index in [1.807, 2.05) is 13.0 Å². The van der Waals surface area contributed by atoms with Crippen LogP contribution < -0.4 is 5.32 Å². The molecule has 0 aliphatic carbocycles. The largest absolute Gasteiger partial charge is 0.477 e. The Morgan fingerprint density at radius 2 is 2.21 bits per heavy atom. The normalized spacial score (nSPS) is 10.5. The summed E-state index contributed by atoms with van der Waals surface area (Å²) in [7, 11) is 1.72. The average Bonchev–Trinajstić information content (AvgIpc) is 2.63. The van der Waals surface area contributed by atoms with E-state index in [4.69, 9.17) is 0 Å². The lowest BCUT2D eigenvalue weighted by molar-refractivity contribution is 0.0697. The van der Waals surface area contributed by atoms with E-state index >= 15 is 0 Å². The monoisotopic (exact) mass is 260 g/mol. The van der Waals surface area contributed by atoms with Gasteiger partial charge in [-0.25, -0.2) is 4.79 Å². The number of hydrogen-bond donors (Lipinski definition) is 2. The van der Waals surface area contributed by atoms with Crippen LogP contribution in [0.2, 0.25) is 0 Å². The summed E-state index contributed by atoms with van der Waals surface area (Å²) in [4.78, 5) is 15.3. The van der Waals surface area contributed by atoms with Crippen LogP contribution in [0.1, 0.15) is 27.2 Å². The van der Waals surface area contributed by atoms with Gasteiger partial charge in [-0.2, -0.15) is 5.10 Å².